The second-order valence-corrected chi connectivity index (χ2v) is 7.97. The first kappa shape index (κ1) is 20.3. The van der Waals surface area contributed by atoms with Crippen LogP contribution in [0.1, 0.15) is 42.2 Å². The second kappa shape index (κ2) is 8.73. The molecule has 2 amide bonds. The van der Waals surface area contributed by atoms with Gasteiger partial charge >= 0.3 is 0 Å². The average Bonchev–Trinajstić information content (AvgIpc) is 2.66. The minimum absolute atomic E-state index is 0.0821. The number of hydrogen-bond donors (Lipinski definition) is 2. The van der Waals surface area contributed by atoms with Crippen molar-refractivity contribution < 1.29 is 18.7 Å². The van der Waals surface area contributed by atoms with Gasteiger partial charge in [0.25, 0.3) is 5.91 Å². The first-order chi connectivity index (χ1) is 13.4. The summed E-state index contributed by atoms with van der Waals surface area (Å²) in [5.74, 6) is -0.973. The molecule has 2 unspecified atom stereocenters. The number of amides is 2. The molecule has 0 radical (unpaired) electrons. The number of fused-ring (bicyclic) bond motifs is 1. The van der Waals surface area contributed by atoms with E-state index in [0.29, 0.717) is 13.0 Å². The minimum atomic E-state index is -0.787. The summed E-state index contributed by atoms with van der Waals surface area (Å²) in [5.41, 5.74) is 0.804. The molecule has 2 N–H and O–H groups in total. The van der Waals surface area contributed by atoms with Gasteiger partial charge in [0, 0.05) is 16.5 Å². The monoisotopic (exact) mass is 448 g/mol. The molecule has 0 spiro atoms. The fourth-order valence-corrected chi connectivity index (χ4v) is 3.55. The Bertz CT molecular complexity index is 888. The fraction of sp³-hybridized carbons (Fsp3) is 0.333. The van der Waals surface area contributed by atoms with Gasteiger partial charge in [-0.3, -0.25) is 9.59 Å². The van der Waals surface area contributed by atoms with Gasteiger partial charge in [-0.15, -0.1) is 0 Å². The fourth-order valence-electron chi connectivity index (χ4n) is 3.18. The van der Waals surface area contributed by atoms with Gasteiger partial charge in [-0.05, 0) is 36.2 Å². The second-order valence-electron chi connectivity index (χ2n) is 7.06. The molecule has 2 aromatic rings. The summed E-state index contributed by atoms with van der Waals surface area (Å²) < 4.78 is 20.4. The van der Waals surface area contributed by atoms with Gasteiger partial charge in [-0.2, -0.15) is 0 Å². The molecule has 7 heteroatoms. The first-order valence-corrected chi connectivity index (χ1v) is 9.94. The molecule has 2 aromatic carbocycles. The van der Waals surface area contributed by atoms with E-state index in [0.717, 1.165) is 15.8 Å². The largest absolute Gasteiger partial charge is 0.493 e. The Kier molecular flexibility index (Phi) is 6.34. The van der Waals surface area contributed by atoms with Crippen LogP contribution in [-0.4, -0.2) is 24.5 Å². The van der Waals surface area contributed by atoms with Crippen LogP contribution in [0.3, 0.4) is 0 Å². The van der Waals surface area contributed by atoms with Crippen molar-refractivity contribution in [2.75, 3.05) is 6.61 Å². The summed E-state index contributed by atoms with van der Waals surface area (Å²) in [7, 11) is 0. The Morgan fingerprint density at radius 3 is 2.68 bits per heavy atom. The molecule has 3 rings (SSSR count). The smallest absolute Gasteiger partial charge is 0.254 e. The number of nitrogens with one attached hydrogen (secondary N) is 2. The van der Waals surface area contributed by atoms with Crippen LogP contribution in [0.25, 0.3) is 0 Å². The number of benzene rings is 2. The number of ether oxygens (including phenoxy) is 1. The third-order valence-corrected chi connectivity index (χ3v) is 5.18. The SMILES string of the molecule is CC(C)C(NC(=O)c1ccccc1F)C(=O)NC1CCOc2ccc(Br)cc21. The molecular formula is C21H22BrFN2O3. The van der Waals surface area contributed by atoms with Gasteiger partial charge in [-0.25, -0.2) is 4.39 Å². The molecule has 5 nitrogen and oxygen atoms in total. The predicted octanol–water partition coefficient (Wildman–Crippen LogP) is 3.98. The van der Waals surface area contributed by atoms with E-state index in [4.69, 9.17) is 4.74 Å². The quantitative estimate of drug-likeness (QED) is 0.726. The van der Waals surface area contributed by atoms with Crippen molar-refractivity contribution in [3.8, 4) is 5.75 Å². The summed E-state index contributed by atoms with van der Waals surface area (Å²) in [4.78, 5) is 25.4. The zero-order valence-electron chi connectivity index (χ0n) is 15.7. The highest BCUT2D eigenvalue weighted by atomic mass is 79.9. The van der Waals surface area contributed by atoms with Crippen LogP contribution < -0.4 is 15.4 Å². The summed E-state index contributed by atoms with van der Waals surface area (Å²) in [6, 6.07) is 10.4. The van der Waals surface area contributed by atoms with E-state index in [1.807, 2.05) is 32.0 Å². The van der Waals surface area contributed by atoms with Crippen molar-refractivity contribution in [1.82, 2.24) is 10.6 Å². The van der Waals surface area contributed by atoms with Crippen molar-refractivity contribution in [3.05, 3.63) is 63.9 Å². The summed E-state index contributed by atoms with van der Waals surface area (Å²) in [6.07, 6.45) is 0.626. The summed E-state index contributed by atoms with van der Waals surface area (Å²) >= 11 is 3.44. The highest BCUT2D eigenvalue weighted by Crippen LogP contribution is 2.34. The molecule has 0 aromatic heterocycles. The molecule has 1 heterocycles. The molecule has 1 aliphatic heterocycles. The molecular weight excluding hydrogens is 427 g/mol. The number of hydrogen-bond acceptors (Lipinski definition) is 3. The topological polar surface area (TPSA) is 67.4 Å². The highest BCUT2D eigenvalue weighted by molar-refractivity contribution is 9.10. The van der Waals surface area contributed by atoms with Crippen molar-refractivity contribution in [2.24, 2.45) is 5.92 Å². The highest BCUT2D eigenvalue weighted by Gasteiger charge is 2.30. The lowest BCUT2D eigenvalue weighted by Gasteiger charge is -2.29. The standard InChI is InChI=1S/C21H22BrFN2O3/c1-12(2)19(25-20(26)14-5-3-4-6-16(14)23)21(27)24-17-9-10-28-18-8-7-13(22)11-15(17)18/h3-8,11-12,17,19H,9-10H2,1-2H3,(H,24,27)(H,25,26). The maximum Gasteiger partial charge on any atom is 0.254 e. The zero-order valence-corrected chi connectivity index (χ0v) is 17.3. The van der Waals surface area contributed by atoms with Crippen molar-refractivity contribution in [2.45, 2.75) is 32.4 Å². The summed E-state index contributed by atoms with van der Waals surface area (Å²) in [6.45, 7) is 4.16. The van der Waals surface area contributed by atoms with Crippen LogP contribution in [-0.2, 0) is 4.79 Å². The number of halogens is 2. The Morgan fingerprint density at radius 2 is 1.96 bits per heavy atom. The van der Waals surface area contributed by atoms with Crippen molar-refractivity contribution in [1.29, 1.82) is 0 Å². The lowest BCUT2D eigenvalue weighted by molar-refractivity contribution is -0.124. The maximum atomic E-state index is 13.9. The van der Waals surface area contributed by atoms with E-state index >= 15 is 0 Å². The maximum absolute atomic E-state index is 13.9. The van der Waals surface area contributed by atoms with Crippen LogP contribution in [0, 0.1) is 11.7 Å². The zero-order chi connectivity index (χ0) is 20.3. The molecule has 148 valence electrons. The van der Waals surface area contributed by atoms with Crippen LogP contribution >= 0.6 is 15.9 Å². The van der Waals surface area contributed by atoms with Crippen LogP contribution in [0.2, 0.25) is 0 Å². The van der Waals surface area contributed by atoms with Gasteiger partial charge in [0.05, 0.1) is 18.2 Å². The van der Waals surface area contributed by atoms with E-state index in [1.54, 1.807) is 6.07 Å². The van der Waals surface area contributed by atoms with Gasteiger partial charge < -0.3 is 15.4 Å². The van der Waals surface area contributed by atoms with Crippen LogP contribution in [0.4, 0.5) is 4.39 Å². The Morgan fingerprint density at radius 1 is 1.21 bits per heavy atom. The summed E-state index contributed by atoms with van der Waals surface area (Å²) in [5, 5.41) is 5.67. The van der Waals surface area contributed by atoms with Crippen molar-refractivity contribution in [3.63, 3.8) is 0 Å². The molecule has 28 heavy (non-hydrogen) atoms. The molecule has 2 atom stereocenters. The van der Waals surface area contributed by atoms with E-state index in [1.165, 1.54) is 18.2 Å². The van der Waals surface area contributed by atoms with Gasteiger partial charge in [0.1, 0.15) is 17.6 Å². The molecule has 0 saturated carbocycles. The third-order valence-electron chi connectivity index (χ3n) is 4.68. The van der Waals surface area contributed by atoms with E-state index in [2.05, 4.69) is 26.6 Å². The normalized spacial score (nSPS) is 16.7. The number of carbonyl (C=O) groups is 2. The molecule has 1 aliphatic rings. The Balaban J connectivity index is 1.75. The van der Waals surface area contributed by atoms with Crippen molar-refractivity contribution >= 4 is 27.7 Å². The lowest BCUT2D eigenvalue weighted by Crippen LogP contribution is -2.51. The molecule has 0 fully saturated rings. The number of carbonyl (C=O) groups excluding carboxylic acids is 2. The molecule has 0 saturated heterocycles. The Hall–Kier alpha value is -2.41. The van der Waals surface area contributed by atoms with E-state index < -0.39 is 17.8 Å². The third kappa shape index (κ3) is 4.52. The molecule has 0 bridgehead atoms. The lowest BCUT2D eigenvalue weighted by atomic mass is 9.98. The van der Waals surface area contributed by atoms with Gasteiger partial charge in [0.15, 0.2) is 0 Å². The van der Waals surface area contributed by atoms with E-state index in [-0.39, 0.29) is 23.4 Å². The molecule has 0 aliphatic carbocycles. The van der Waals surface area contributed by atoms with Gasteiger partial charge in [-0.1, -0.05) is 41.9 Å². The first-order valence-electron chi connectivity index (χ1n) is 9.15. The van der Waals surface area contributed by atoms with Crippen LogP contribution in [0.5, 0.6) is 5.75 Å². The predicted molar refractivity (Wildman–Crippen MR) is 108 cm³/mol. The minimum Gasteiger partial charge on any atom is -0.493 e. The number of rotatable bonds is 5. The Labute approximate surface area is 171 Å². The van der Waals surface area contributed by atoms with E-state index in [9.17, 15) is 14.0 Å². The van der Waals surface area contributed by atoms with Crippen LogP contribution in [0.15, 0.2) is 46.9 Å². The average molecular weight is 449 g/mol. The van der Waals surface area contributed by atoms with Gasteiger partial charge in [0.2, 0.25) is 5.91 Å².